The highest BCUT2D eigenvalue weighted by Crippen LogP contribution is 2.29. The van der Waals surface area contributed by atoms with Gasteiger partial charge in [0, 0.05) is 24.3 Å². The smallest absolute Gasteiger partial charge is 0.354 e. The van der Waals surface area contributed by atoms with E-state index in [0.717, 1.165) is 25.8 Å². The number of amides is 1. The van der Waals surface area contributed by atoms with Crippen molar-refractivity contribution in [3.63, 3.8) is 0 Å². The van der Waals surface area contributed by atoms with Crippen LogP contribution < -0.4 is 0 Å². The Morgan fingerprint density at radius 2 is 2.15 bits per heavy atom. The maximum Gasteiger partial charge on any atom is 0.354 e. The third-order valence-electron chi connectivity index (χ3n) is 3.42. The van der Waals surface area contributed by atoms with Crippen LogP contribution in [0.25, 0.3) is 0 Å². The summed E-state index contributed by atoms with van der Waals surface area (Å²) < 4.78 is 0. The van der Waals surface area contributed by atoms with E-state index in [1.165, 1.54) is 12.3 Å². The monoisotopic (exact) mass is 276 g/mol. The van der Waals surface area contributed by atoms with Gasteiger partial charge in [-0.05, 0) is 37.3 Å². The zero-order valence-corrected chi connectivity index (χ0v) is 11.9. The van der Waals surface area contributed by atoms with Crippen LogP contribution in [0.1, 0.15) is 54.0 Å². The molecule has 1 aliphatic carbocycles. The summed E-state index contributed by atoms with van der Waals surface area (Å²) in [6.45, 7) is 4.99. The average Bonchev–Trinajstić information content (AvgIpc) is 3.23. The molecule has 0 aliphatic heterocycles. The lowest BCUT2D eigenvalue weighted by Gasteiger charge is -2.23. The molecule has 1 fully saturated rings. The van der Waals surface area contributed by atoms with Crippen LogP contribution in [0.5, 0.6) is 0 Å². The van der Waals surface area contributed by atoms with E-state index in [9.17, 15) is 9.59 Å². The van der Waals surface area contributed by atoms with Gasteiger partial charge in [0.2, 0.25) is 0 Å². The lowest BCUT2D eigenvalue weighted by molar-refractivity contribution is 0.0690. The zero-order chi connectivity index (χ0) is 14.7. The summed E-state index contributed by atoms with van der Waals surface area (Å²) in [6, 6.07) is 3.26. The minimum absolute atomic E-state index is 0.0851. The van der Waals surface area contributed by atoms with Crippen LogP contribution in [0.4, 0.5) is 0 Å². The first-order chi connectivity index (χ1) is 9.49. The summed E-state index contributed by atoms with van der Waals surface area (Å²) in [5.74, 6) is -0.658. The maximum absolute atomic E-state index is 12.5. The van der Waals surface area contributed by atoms with E-state index in [1.807, 2.05) is 4.90 Å². The minimum atomic E-state index is -1.11. The molecule has 2 rings (SSSR count). The fourth-order valence-electron chi connectivity index (χ4n) is 2.08. The van der Waals surface area contributed by atoms with Gasteiger partial charge in [0.15, 0.2) is 0 Å². The molecule has 20 heavy (non-hydrogen) atoms. The third kappa shape index (κ3) is 3.56. The normalized spacial score (nSPS) is 14.3. The van der Waals surface area contributed by atoms with Gasteiger partial charge < -0.3 is 10.0 Å². The molecular formula is C15H20N2O3. The number of hydrogen-bond donors (Lipinski definition) is 1. The summed E-state index contributed by atoms with van der Waals surface area (Å²) in [6.07, 6.45) is 4.42. The molecule has 1 amide bonds. The highest BCUT2D eigenvalue weighted by atomic mass is 16.4. The number of aromatic nitrogens is 1. The second-order valence-corrected chi connectivity index (χ2v) is 5.65. The van der Waals surface area contributed by atoms with E-state index in [1.54, 1.807) is 6.07 Å². The molecule has 1 aromatic rings. The molecule has 0 atom stereocenters. The van der Waals surface area contributed by atoms with Gasteiger partial charge in [-0.3, -0.25) is 4.79 Å². The Labute approximate surface area is 118 Å². The van der Waals surface area contributed by atoms with Crippen LogP contribution in [-0.2, 0) is 0 Å². The van der Waals surface area contributed by atoms with Gasteiger partial charge >= 0.3 is 5.97 Å². The van der Waals surface area contributed by atoms with Gasteiger partial charge in [-0.1, -0.05) is 13.8 Å². The van der Waals surface area contributed by atoms with Gasteiger partial charge in [0.25, 0.3) is 5.91 Å². The molecule has 1 N–H and O–H groups in total. The number of hydrogen-bond acceptors (Lipinski definition) is 3. The number of carboxylic acid groups (broad SMARTS) is 1. The summed E-state index contributed by atoms with van der Waals surface area (Å²) in [5.41, 5.74) is 0.323. The van der Waals surface area contributed by atoms with E-state index < -0.39 is 5.97 Å². The number of rotatable bonds is 6. The Morgan fingerprint density at radius 3 is 2.70 bits per heavy atom. The molecule has 1 heterocycles. The van der Waals surface area contributed by atoms with E-state index in [2.05, 4.69) is 18.8 Å². The Morgan fingerprint density at radius 1 is 1.45 bits per heavy atom. The molecule has 5 nitrogen and oxygen atoms in total. The summed E-state index contributed by atoms with van der Waals surface area (Å²) in [5, 5.41) is 8.94. The van der Waals surface area contributed by atoms with Gasteiger partial charge in [-0.2, -0.15) is 0 Å². The quantitative estimate of drug-likeness (QED) is 0.866. The van der Waals surface area contributed by atoms with Crippen LogP contribution in [0, 0.1) is 5.92 Å². The molecule has 0 radical (unpaired) electrons. The van der Waals surface area contributed by atoms with Crippen LogP contribution >= 0.6 is 0 Å². The van der Waals surface area contributed by atoms with Gasteiger partial charge in [-0.15, -0.1) is 0 Å². The first-order valence-electron chi connectivity index (χ1n) is 6.99. The SMILES string of the molecule is CC(C)CCN(C(=O)c1ccnc(C(=O)O)c1)C1CC1. The fraction of sp³-hybridized carbons (Fsp3) is 0.533. The second kappa shape index (κ2) is 6.03. The summed E-state index contributed by atoms with van der Waals surface area (Å²) in [4.78, 5) is 29.1. The number of carbonyl (C=O) groups is 2. The topological polar surface area (TPSA) is 70.5 Å². The van der Waals surface area contributed by atoms with Crippen molar-refractivity contribution in [3.05, 3.63) is 29.6 Å². The summed E-state index contributed by atoms with van der Waals surface area (Å²) >= 11 is 0. The predicted octanol–water partition coefficient (Wildman–Crippen LogP) is 2.43. The average molecular weight is 276 g/mol. The molecule has 0 saturated heterocycles. The molecule has 0 unspecified atom stereocenters. The minimum Gasteiger partial charge on any atom is -0.477 e. The van der Waals surface area contributed by atoms with E-state index >= 15 is 0 Å². The molecule has 0 aromatic carbocycles. The highest BCUT2D eigenvalue weighted by molar-refractivity contribution is 5.97. The Balaban J connectivity index is 2.14. The standard InChI is InChI=1S/C15H20N2O3/c1-10(2)6-8-17(12-3-4-12)14(18)11-5-7-16-13(9-11)15(19)20/h5,7,9-10,12H,3-4,6,8H2,1-2H3,(H,19,20). The Kier molecular flexibility index (Phi) is 4.37. The third-order valence-corrected chi connectivity index (χ3v) is 3.42. The van der Waals surface area contributed by atoms with Crippen molar-refractivity contribution in [2.45, 2.75) is 39.2 Å². The first-order valence-corrected chi connectivity index (χ1v) is 6.99. The molecule has 1 aliphatic rings. The fourth-order valence-corrected chi connectivity index (χ4v) is 2.08. The Bertz CT molecular complexity index is 510. The van der Waals surface area contributed by atoms with Gasteiger partial charge in [0.05, 0.1) is 0 Å². The molecule has 0 bridgehead atoms. The van der Waals surface area contributed by atoms with Crippen LogP contribution in [0.15, 0.2) is 18.3 Å². The van der Waals surface area contributed by atoms with Crippen molar-refractivity contribution in [2.75, 3.05) is 6.54 Å². The van der Waals surface area contributed by atoms with Gasteiger partial charge in [0.1, 0.15) is 5.69 Å². The van der Waals surface area contributed by atoms with Crippen molar-refractivity contribution >= 4 is 11.9 Å². The van der Waals surface area contributed by atoms with E-state index in [0.29, 0.717) is 17.5 Å². The Hall–Kier alpha value is -1.91. The number of nitrogens with zero attached hydrogens (tertiary/aromatic N) is 2. The number of carboxylic acids is 1. The van der Waals surface area contributed by atoms with Crippen molar-refractivity contribution < 1.29 is 14.7 Å². The predicted molar refractivity (Wildman–Crippen MR) is 74.7 cm³/mol. The first kappa shape index (κ1) is 14.5. The van der Waals surface area contributed by atoms with Crippen molar-refractivity contribution in [1.82, 2.24) is 9.88 Å². The van der Waals surface area contributed by atoms with Crippen molar-refractivity contribution in [1.29, 1.82) is 0 Å². The summed E-state index contributed by atoms with van der Waals surface area (Å²) in [7, 11) is 0. The van der Waals surface area contributed by atoms with Crippen molar-refractivity contribution in [2.24, 2.45) is 5.92 Å². The van der Waals surface area contributed by atoms with Gasteiger partial charge in [-0.25, -0.2) is 9.78 Å². The van der Waals surface area contributed by atoms with Crippen LogP contribution in [0.2, 0.25) is 0 Å². The molecule has 5 heteroatoms. The second-order valence-electron chi connectivity index (χ2n) is 5.65. The largest absolute Gasteiger partial charge is 0.477 e. The number of carbonyl (C=O) groups excluding carboxylic acids is 1. The lowest BCUT2D eigenvalue weighted by Crippen LogP contribution is -2.34. The molecule has 1 saturated carbocycles. The van der Waals surface area contributed by atoms with E-state index in [4.69, 9.17) is 5.11 Å². The van der Waals surface area contributed by atoms with Crippen LogP contribution in [0.3, 0.4) is 0 Å². The molecule has 108 valence electrons. The van der Waals surface area contributed by atoms with E-state index in [-0.39, 0.29) is 11.6 Å². The molecule has 0 spiro atoms. The maximum atomic E-state index is 12.5. The zero-order valence-electron chi connectivity index (χ0n) is 11.9. The van der Waals surface area contributed by atoms with Crippen molar-refractivity contribution in [3.8, 4) is 0 Å². The number of pyridine rings is 1. The molecule has 1 aromatic heterocycles. The highest BCUT2D eigenvalue weighted by Gasteiger charge is 2.33. The van der Waals surface area contributed by atoms with Crippen LogP contribution in [-0.4, -0.2) is 39.5 Å². The molecular weight excluding hydrogens is 256 g/mol. The lowest BCUT2D eigenvalue weighted by atomic mass is 10.1. The number of aromatic carboxylic acids is 1.